The van der Waals surface area contributed by atoms with Crippen molar-refractivity contribution in [1.82, 2.24) is 0 Å². The molecule has 0 radical (unpaired) electrons. The van der Waals surface area contributed by atoms with Crippen LogP contribution in [-0.4, -0.2) is 0 Å². The van der Waals surface area contributed by atoms with Crippen molar-refractivity contribution >= 4 is 15.9 Å². The Morgan fingerprint density at radius 1 is 0.778 bits per heavy atom. The first-order chi connectivity index (χ1) is 8.41. The Morgan fingerprint density at radius 3 is 1.67 bits per heavy atom. The number of hydrogen-bond acceptors (Lipinski definition) is 0. The third-order valence-electron chi connectivity index (χ3n) is 4.43. The lowest BCUT2D eigenvalue weighted by Crippen LogP contribution is -2.05. The van der Waals surface area contributed by atoms with Crippen molar-refractivity contribution in [3.05, 3.63) is 33.4 Å². The number of hydrogen-bond donors (Lipinski definition) is 0. The highest BCUT2D eigenvalue weighted by molar-refractivity contribution is 9.09. The molecule has 0 aliphatic heterocycles. The molecule has 1 rings (SSSR count). The molecule has 1 aromatic carbocycles. The average Bonchev–Trinajstić information content (AvgIpc) is 2.34. The van der Waals surface area contributed by atoms with E-state index in [0.717, 1.165) is 0 Å². The molecule has 0 aromatic heterocycles. The molecule has 1 unspecified atom stereocenters. The van der Waals surface area contributed by atoms with Gasteiger partial charge in [0, 0.05) is 4.83 Å². The zero-order valence-electron chi connectivity index (χ0n) is 12.8. The largest absolute Gasteiger partial charge is 0.0839 e. The Balaban J connectivity index is 3.08. The Hall–Kier alpha value is -0.300. The van der Waals surface area contributed by atoms with Gasteiger partial charge in [-0.25, -0.2) is 0 Å². The summed E-state index contributed by atoms with van der Waals surface area (Å²) in [6, 6.07) is 0. The molecule has 0 nitrogen and oxygen atoms in total. The molecule has 102 valence electrons. The van der Waals surface area contributed by atoms with Gasteiger partial charge in [-0.15, -0.1) is 0 Å². The van der Waals surface area contributed by atoms with E-state index in [4.69, 9.17) is 0 Å². The van der Waals surface area contributed by atoms with Gasteiger partial charge < -0.3 is 0 Å². The van der Waals surface area contributed by atoms with Crippen LogP contribution >= 0.6 is 15.9 Å². The molecule has 0 N–H and O–H groups in total. The molecular weight excluding hydrogens is 284 g/mol. The summed E-state index contributed by atoms with van der Waals surface area (Å²) in [5.41, 5.74) is 8.89. The molecule has 1 aromatic rings. The summed E-state index contributed by atoms with van der Waals surface area (Å²) < 4.78 is 0. The molecule has 0 fully saturated rings. The first kappa shape index (κ1) is 15.8. The molecule has 0 saturated carbocycles. The Labute approximate surface area is 121 Å². The van der Waals surface area contributed by atoms with Crippen molar-refractivity contribution in [1.29, 1.82) is 0 Å². The zero-order valence-corrected chi connectivity index (χ0v) is 14.4. The van der Waals surface area contributed by atoms with E-state index in [1.165, 1.54) is 59.1 Å². The monoisotopic (exact) mass is 310 g/mol. The summed E-state index contributed by atoms with van der Waals surface area (Å²) in [5.74, 6) is 0. The van der Waals surface area contributed by atoms with E-state index in [9.17, 15) is 0 Å². The number of rotatable bonds is 5. The number of unbranched alkanes of at least 4 members (excludes halogenated alkanes) is 2. The molecule has 18 heavy (non-hydrogen) atoms. The van der Waals surface area contributed by atoms with Gasteiger partial charge in [-0.05, 0) is 74.4 Å². The fraction of sp³-hybridized carbons (Fsp3) is 0.647. The number of benzene rings is 1. The van der Waals surface area contributed by atoms with Crippen LogP contribution in [-0.2, 0) is 0 Å². The summed E-state index contributed by atoms with van der Waals surface area (Å²) in [5, 5.41) is 0. The number of halogens is 1. The maximum absolute atomic E-state index is 3.91. The third-order valence-corrected chi connectivity index (χ3v) is 5.35. The minimum atomic E-state index is 0.516. The van der Waals surface area contributed by atoms with Gasteiger partial charge in [0.25, 0.3) is 0 Å². The lowest BCUT2D eigenvalue weighted by Gasteiger charge is -2.22. The second kappa shape index (κ2) is 6.75. The van der Waals surface area contributed by atoms with E-state index in [-0.39, 0.29) is 0 Å². The van der Waals surface area contributed by atoms with Gasteiger partial charge in [0.15, 0.2) is 0 Å². The second-order valence-corrected chi connectivity index (χ2v) is 6.61. The minimum absolute atomic E-state index is 0.516. The van der Waals surface area contributed by atoms with Crippen LogP contribution < -0.4 is 0 Å². The molecule has 0 spiro atoms. The maximum atomic E-state index is 3.91. The Morgan fingerprint density at radius 2 is 1.22 bits per heavy atom. The lowest BCUT2D eigenvalue weighted by atomic mass is 9.87. The summed E-state index contributed by atoms with van der Waals surface area (Å²) in [7, 11) is 0. The molecule has 1 heteroatoms. The first-order valence-corrected chi connectivity index (χ1v) is 8.04. The van der Waals surface area contributed by atoms with Gasteiger partial charge in [0.05, 0.1) is 0 Å². The van der Waals surface area contributed by atoms with Crippen molar-refractivity contribution in [3.63, 3.8) is 0 Å². The van der Waals surface area contributed by atoms with E-state index >= 15 is 0 Å². The van der Waals surface area contributed by atoms with Crippen LogP contribution in [0.25, 0.3) is 0 Å². The standard InChI is InChI=1S/C17H27Br/c1-7-8-9-10-16(18)17-14(5)12(3)11(2)13(4)15(17)6/h16H,7-10H2,1-6H3. The topological polar surface area (TPSA) is 0 Å². The van der Waals surface area contributed by atoms with Crippen LogP contribution in [0, 0.1) is 34.6 Å². The van der Waals surface area contributed by atoms with Crippen LogP contribution in [0.5, 0.6) is 0 Å². The third kappa shape index (κ3) is 3.17. The van der Waals surface area contributed by atoms with Gasteiger partial charge in [-0.2, -0.15) is 0 Å². The van der Waals surface area contributed by atoms with Crippen molar-refractivity contribution in [3.8, 4) is 0 Å². The zero-order chi connectivity index (χ0) is 13.9. The quantitative estimate of drug-likeness (QED) is 0.445. The molecule has 0 aliphatic rings. The summed E-state index contributed by atoms with van der Waals surface area (Å²) >= 11 is 3.91. The molecule has 0 heterocycles. The van der Waals surface area contributed by atoms with Gasteiger partial charge >= 0.3 is 0 Å². The Bertz CT molecular complexity index is 389. The lowest BCUT2D eigenvalue weighted by molar-refractivity contribution is 0.660. The van der Waals surface area contributed by atoms with Crippen LogP contribution in [0.3, 0.4) is 0 Å². The molecule has 0 bridgehead atoms. The summed E-state index contributed by atoms with van der Waals surface area (Å²) in [6.07, 6.45) is 5.20. The van der Waals surface area contributed by atoms with Crippen molar-refractivity contribution in [2.24, 2.45) is 0 Å². The highest BCUT2D eigenvalue weighted by atomic mass is 79.9. The van der Waals surface area contributed by atoms with E-state index in [2.05, 4.69) is 57.5 Å². The van der Waals surface area contributed by atoms with E-state index in [0.29, 0.717) is 4.83 Å². The van der Waals surface area contributed by atoms with Crippen LogP contribution in [0.15, 0.2) is 0 Å². The normalized spacial score (nSPS) is 12.8. The van der Waals surface area contributed by atoms with Gasteiger partial charge in [0.1, 0.15) is 0 Å². The molecule has 0 amide bonds. The smallest absolute Gasteiger partial charge is 0.0400 e. The second-order valence-electron chi connectivity index (χ2n) is 5.50. The predicted octanol–water partition coefficient (Wildman–Crippen LogP) is 6.25. The average molecular weight is 311 g/mol. The molecule has 0 saturated heterocycles. The van der Waals surface area contributed by atoms with Gasteiger partial charge in [0.2, 0.25) is 0 Å². The van der Waals surface area contributed by atoms with Crippen LogP contribution in [0.1, 0.15) is 70.8 Å². The van der Waals surface area contributed by atoms with E-state index in [1.54, 1.807) is 0 Å². The van der Waals surface area contributed by atoms with Crippen LogP contribution in [0.4, 0.5) is 0 Å². The van der Waals surface area contributed by atoms with Gasteiger partial charge in [-0.3, -0.25) is 0 Å². The molecular formula is C17H27Br. The van der Waals surface area contributed by atoms with E-state index < -0.39 is 0 Å². The van der Waals surface area contributed by atoms with Gasteiger partial charge in [-0.1, -0.05) is 42.1 Å². The molecule has 0 aliphatic carbocycles. The fourth-order valence-corrected chi connectivity index (χ4v) is 3.73. The first-order valence-electron chi connectivity index (χ1n) is 7.12. The number of alkyl halides is 1. The highest BCUT2D eigenvalue weighted by Crippen LogP contribution is 2.37. The van der Waals surface area contributed by atoms with Crippen LogP contribution in [0.2, 0.25) is 0 Å². The van der Waals surface area contributed by atoms with Crippen molar-refractivity contribution in [2.45, 2.75) is 72.1 Å². The molecule has 1 atom stereocenters. The predicted molar refractivity (Wildman–Crippen MR) is 85.9 cm³/mol. The fourth-order valence-electron chi connectivity index (χ4n) is 2.72. The highest BCUT2D eigenvalue weighted by Gasteiger charge is 2.17. The van der Waals surface area contributed by atoms with E-state index in [1.807, 2.05) is 0 Å². The van der Waals surface area contributed by atoms with Crippen molar-refractivity contribution < 1.29 is 0 Å². The minimum Gasteiger partial charge on any atom is -0.0839 e. The maximum Gasteiger partial charge on any atom is 0.0400 e. The van der Waals surface area contributed by atoms with Crippen molar-refractivity contribution in [2.75, 3.05) is 0 Å². The summed E-state index contributed by atoms with van der Waals surface area (Å²) in [4.78, 5) is 0.516. The Kier molecular flexibility index (Phi) is 5.91. The summed E-state index contributed by atoms with van der Waals surface area (Å²) in [6.45, 7) is 13.6. The SMILES string of the molecule is CCCCCC(Br)c1c(C)c(C)c(C)c(C)c1C.